The molecule has 0 radical (unpaired) electrons. The molecular formula is C15H14N4O. The van der Waals surface area contributed by atoms with Gasteiger partial charge in [-0.05, 0) is 18.2 Å². The second-order valence-electron chi connectivity index (χ2n) is 4.20. The fourth-order valence-corrected chi connectivity index (χ4v) is 1.93. The highest BCUT2D eigenvalue weighted by Gasteiger charge is 2.02. The van der Waals surface area contributed by atoms with E-state index in [0.29, 0.717) is 13.2 Å². The number of pyridine rings is 1. The lowest BCUT2D eigenvalue weighted by molar-refractivity contribution is 0.336. The maximum Gasteiger partial charge on any atom is 0.145 e. The van der Waals surface area contributed by atoms with Gasteiger partial charge in [0.1, 0.15) is 30.0 Å². The Morgan fingerprint density at radius 1 is 1.00 bits per heavy atom. The third-order valence-corrected chi connectivity index (χ3v) is 2.84. The fraction of sp³-hybridized carbons (Fsp3) is 0.133. The quantitative estimate of drug-likeness (QED) is 0.719. The number of aromatic nitrogens is 3. The number of hydrogen-bond acceptors (Lipinski definition) is 5. The number of para-hydroxylation sites is 1. The summed E-state index contributed by atoms with van der Waals surface area (Å²) in [5, 5.41) is 4.24. The van der Waals surface area contributed by atoms with Gasteiger partial charge in [0, 0.05) is 17.8 Å². The predicted molar refractivity (Wildman–Crippen MR) is 77.8 cm³/mol. The lowest BCUT2D eigenvalue weighted by Crippen LogP contribution is -2.12. The third-order valence-electron chi connectivity index (χ3n) is 2.84. The summed E-state index contributed by atoms with van der Waals surface area (Å²) >= 11 is 0. The van der Waals surface area contributed by atoms with E-state index in [9.17, 15) is 0 Å². The smallest absolute Gasteiger partial charge is 0.145 e. The van der Waals surface area contributed by atoms with Gasteiger partial charge < -0.3 is 10.1 Å². The molecule has 0 aliphatic carbocycles. The summed E-state index contributed by atoms with van der Waals surface area (Å²) in [5.74, 6) is 1.59. The van der Waals surface area contributed by atoms with Gasteiger partial charge >= 0.3 is 0 Å². The summed E-state index contributed by atoms with van der Waals surface area (Å²) in [5.41, 5.74) is 0.886. The second kappa shape index (κ2) is 5.97. The minimum Gasteiger partial charge on any atom is -0.489 e. The molecule has 5 nitrogen and oxygen atoms in total. The summed E-state index contributed by atoms with van der Waals surface area (Å²) in [6.07, 6.45) is 4.98. The molecule has 0 unspecified atom stereocenters. The Morgan fingerprint density at radius 2 is 1.95 bits per heavy atom. The van der Waals surface area contributed by atoms with Crippen LogP contribution in [0.15, 0.2) is 55.1 Å². The first-order chi connectivity index (χ1) is 9.93. The van der Waals surface area contributed by atoms with Gasteiger partial charge in [-0.3, -0.25) is 4.98 Å². The van der Waals surface area contributed by atoms with E-state index in [-0.39, 0.29) is 0 Å². The second-order valence-corrected chi connectivity index (χ2v) is 4.20. The average molecular weight is 266 g/mol. The molecule has 0 bridgehead atoms. The maximum absolute atomic E-state index is 5.77. The SMILES string of the molecule is c1cnc2c(OCCNc3ccncn3)cccc2c1. The molecule has 0 atom stereocenters. The summed E-state index contributed by atoms with van der Waals surface area (Å²) in [6.45, 7) is 1.21. The molecule has 0 fully saturated rings. The van der Waals surface area contributed by atoms with Crippen LogP contribution >= 0.6 is 0 Å². The molecule has 0 aliphatic heterocycles. The van der Waals surface area contributed by atoms with Gasteiger partial charge in [0.05, 0.1) is 6.54 Å². The molecule has 20 heavy (non-hydrogen) atoms. The average Bonchev–Trinajstić information content (AvgIpc) is 2.53. The van der Waals surface area contributed by atoms with Crippen molar-refractivity contribution in [3.05, 3.63) is 55.1 Å². The monoisotopic (exact) mass is 266 g/mol. The van der Waals surface area contributed by atoms with Gasteiger partial charge in [-0.2, -0.15) is 0 Å². The molecule has 1 aromatic carbocycles. The van der Waals surface area contributed by atoms with Crippen LogP contribution in [0, 0.1) is 0 Å². The van der Waals surface area contributed by atoms with Crippen molar-refractivity contribution in [1.82, 2.24) is 15.0 Å². The molecule has 3 rings (SSSR count). The van der Waals surface area contributed by atoms with Crippen molar-refractivity contribution in [2.45, 2.75) is 0 Å². The van der Waals surface area contributed by atoms with Crippen molar-refractivity contribution in [3.63, 3.8) is 0 Å². The molecule has 2 heterocycles. The highest BCUT2D eigenvalue weighted by molar-refractivity contribution is 5.84. The molecule has 5 heteroatoms. The Labute approximate surface area is 116 Å². The summed E-state index contributed by atoms with van der Waals surface area (Å²) in [4.78, 5) is 12.3. The van der Waals surface area contributed by atoms with E-state index in [1.807, 2.05) is 36.4 Å². The van der Waals surface area contributed by atoms with Crippen molar-refractivity contribution < 1.29 is 4.74 Å². The molecule has 0 saturated heterocycles. The molecular weight excluding hydrogens is 252 g/mol. The number of nitrogens with one attached hydrogen (secondary N) is 1. The Morgan fingerprint density at radius 3 is 2.85 bits per heavy atom. The van der Waals surface area contributed by atoms with Gasteiger partial charge in [-0.25, -0.2) is 9.97 Å². The standard InChI is InChI=1S/C15H14N4O/c1-3-12-4-2-7-18-15(12)13(5-1)20-10-9-17-14-6-8-16-11-19-14/h1-8,11H,9-10H2,(H,16,17,19). The zero-order chi connectivity index (χ0) is 13.6. The van der Waals surface area contributed by atoms with Crippen molar-refractivity contribution in [3.8, 4) is 5.75 Å². The van der Waals surface area contributed by atoms with E-state index < -0.39 is 0 Å². The van der Waals surface area contributed by atoms with Crippen LogP contribution in [0.5, 0.6) is 5.75 Å². The number of rotatable bonds is 5. The number of benzene rings is 1. The fourth-order valence-electron chi connectivity index (χ4n) is 1.93. The van der Waals surface area contributed by atoms with Crippen LogP contribution in [-0.2, 0) is 0 Å². The van der Waals surface area contributed by atoms with Gasteiger partial charge in [0.2, 0.25) is 0 Å². The summed E-state index contributed by atoms with van der Waals surface area (Å²) in [7, 11) is 0. The highest BCUT2D eigenvalue weighted by Crippen LogP contribution is 2.22. The molecule has 0 spiro atoms. The predicted octanol–water partition coefficient (Wildman–Crippen LogP) is 2.52. The van der Waals surface area contributed by atoms with Crippen LogP contribution in [-0.4, -0.2) is 28.1 Å². The van der Waals surface area contributed by atoms with Crippen LogP contribution in [0.3, 0.4) is 0 Å². The largest absolute Gasteiger partial charge is 0.489 e. The van der Waals surface area contributed by atoms with Crippen LogP contribution in [0.2, 0.25) is 0 Å². The van der Waals surface area contributed by atoms with Crippen molar-refractivity contribution >= 4 is 16.7 Å². The number of hydrogen-bond donors (Lipinski definition) is 1. The molecule has 1 N–H and O–H groups in total. The van der Waals surface area contributed by atoms with Crippen LogP contribution in [0.4, 0.5) is 5.82 Å². The van der Waals surface area contributed by atoms with Gasteiger partial charge in [0.25, 0.3) is 0 Å². The van der Waals surface area contributed by atoms with Crippen LogP contribution in [0.1, 0.15) is 0 Å². The summed E-state index contributed by atoms with van der Waals surface area (Å²) < 4.78 is 5.77. The van der Waals surface area contributed by atoms with E-state index in [1.54, 1.807) is 12.4 Å². The lowest BCUT2D eigenvalue weighted by atomic mass is 10.2. The Bertz CT molecular complexity index is 682. The van der Waals surface area contributed by atoms with E-state index in [0.717, 1.165) is 22.5 Å². The molecule has 100 valence electrons. The lowest BCUT2D eigenvalue weighted by Gasteiger charge is -2.09. The van der Waals surface area contributed by atoms with Crippen molar-refractivity contribution in [1.29, 1.82) is 0 Å². The van der Waals surface area contributed by atoms with Crippen molar-refractivity contribution in [2.75, 3.05) is 18.5 Å². The third kappa shape index (κ3) is 2.83. The topological polar surface area (TPSA) is 59.9 Å². The van der Waals surface area contributed by atoms with E-state index >= 15 is 0 Å². The highest BCUT2D eigenvalue weighted by atomic mass is 16.5. The molecule has 2 aromatic heterocycles. The van der Waals surface area contributed by atoms with Gasteiger partial charge in [-0.1, -0.05) is 18.2 Å². The van der Waals surface area contributed by atoms with Gasteiger partial charge in [0.15, 0.2) is 0 Å². The van der Waals surface area contributed by atoms with Crippen molar-refractivity contribution in [2.24, 2.45) is 0 Å². The maximum atomic E-state index is 5.77. The summed E-state index contributed by atoms with van der Waals surface area (Å²) in [6, 6.07) is 11.7. The number of ether oxygens (including phenoxy) is 1. The van der Waals surface area contributed by atoms with Crippen LogP contribution in [0.25, 0.3) is 10.9 Å². The molecule has 0 amide bonds. The Kier molecular flexibility index (Phi) is 3.68. The van der Waals surface area contributed by atoms with Gasteiger partial charge in [-0.15, -0.1) is 0 Å². The van der Waals surface area contributed by atoms with E-state index in [2.05, 4.69) is 20.3 Å². The zero-order valence-corrected chi connectivity index (χ0v) is 10.9. The Hall–Kier alpha value is -2.69. The van der Waals surface area contributed by atoms with E-state index in [1.165, 1.54) is 6.33 Å². The number of fused-ring (bicyclic) bond motifs is 1. The Balaban J connectivity index is 1.60. The van der Waals surface area contributed by atoms with Crippen LogP contribution < -0.4 is 10.1 Å². The molecule has 0 aliphatic rings. The first-order valence-corrected chi connectivity index (χ1v) is 6.40. The number of anilines is 1. The minimum absolute atomic E-state index is 0.541. The molecule has 3 aromatic rings. The first kappa shape index (κ1) is 12.3. The minimum atomic E-state index is 0.541. The number of nitrogens with zero attached hydrogens (tertiary/aromatic N) is 3. The molecule has 0 saturated carbocycles. The first-order valence-electron chi connectivity index (χ1n) is 6.40. The van der Waals surface area contributed by atoms with E-state index in [4.69, 9.17) is 4.74 Å². The normalized spacial score (nSPS) is 10.4. The zero-order valence-electron chi connectivity index (χ0n) is 10.9.